The van der Waals surface area contributed by atoms with E-state index in [1.807, 2.05) is 0 Å². The Bertz CT molecular complexity index is 82.0. The minimum absolute atomic E-state index is 0. The zero-order valence-corrected chi connectivity index (χ0v) is 7.27. The van der Waals surface area contributed by atoms with Crippen LogP contribution in [0.15, 0.2) is 0 Å². The van der Waals surface area contributed by atoms with Gasteiger partial charge in [-0.25, -0.2) is 0 Å². The molecular weight excluding hydrogens is 209 g/mol. The Balaban J connectivity index is -0.000000125. The van der Waals surface area contributed by atoms with Crippen molar-refractivity contribution in [3.8, 4) is 0 Å². The molecule has 8 heavy (non-hydrogen) atoms. The molecule has 0 saturated carbocycles. The minimum atomic E-state index is -2.54. The first kappa shape index (κ1) is 16.0. The third kappa shape index (κ3) is 15.8. The van der Waals surface area contributed by atoms with Crippen molar-refractivity contribution in [1.82, 2.24) is 0 Å². The number of hydrogen-bond donors (Lipinski definition) is 0. The topological polar surface area (TPSA) is 52.6 Å². The van der Waals surface area contributed by atoms with E-state index in [0.717, 1.165) is 7.11 Å². The predicted molar refractivity (Wildman–Crippen MR) is 23.6 cm³/mol. The molecule has 0 bridgehead atoms. The Morgan fingerprint density at radius 3 is 1.75 bits per heavy atom. The normalized spacial score (nSPS) is 7.25. The molecule has 0 rings (SSSR count). The average Bonchev–Trinajstić information content (AvgIpc) is 1.35. The van der Waals surface area contributed by atoms with Gasteiger partial charge in [0.05, 0.1) is 18.1 Å². The maximum atomic E-state index is 9.25. The van der Waals surface area contributed by atoms with Crippen LogP contribution in [0.3, 0.4) is 0 Å². The first-order valence-electron chi connectivity index (χ1n) is 1.07. The van der Waals surface area contributed by atoms with Crippen LogP contribution in [0.25, 0.3) is 0 Å². The molecule has 49 valence electrons. The van der Waals surface area contributed by atoms with E-state index in [9.17, 15) is 8.42 Å². The van der Waals surface area contributed by atoms with E-state index in [0.29, 0.717) is 0 Å². The molecule has 6 heteroatoms. The summed E-state index contributed by atoms with van der Waals surface area (Å²) < 4.78 is 22.0. The molecule has 4 nitrogen and oxygen atoms in total. The van der Waals surface area contributed by atoms with Crippen LogP contribution in [0.2, 0.25) is 0 Å². The van der Waals surface area contributed by atoms with Crippen LogP contribution in [0.5, 0.6) is 0 Å². The standard InChI is InChI=1S/CH3O4S.CH4.Y/c1-4-5-6(2)3;;/h1H3;1H4;/q-1;;. The van der Waals surface area contributed by atoms with Crippen LogP contribution in [-0.4, -0.2) is 7.11 Å². The summed E-state index contributed by atoms with van der Waals surface area (Å²) in [5.74, 6) is 0. The summed E-state index contributed by atoms with van der Waals surface area (Å²) in [5.41, 5.74) is 0. The molecule has 0 amide bonds. The summed E-state index contributed by atoms with van der Waals surface area (Å²) in [5, 5.41) is 0. The Morgan fingerprint density at radius 1 is 1.38 bits per heavy atom. The summed E-state index contributed by atoms with van der Waals surface area (Å²) in [7, 11) is -1.43. The van der Waals surface area contributed by atoms with Gasteiger partial charge in [0, 0.05) is 32.7 Å². The van der Waals surface area contributed by atoms with E-state index < -0.39 is 11.0 Å². The molecule has 0 spiro atoms. The molecule has 0 aliphatic heterocycles. The van der Waals surface area contributed by atoms with Crippen LogP contribution in [0.1, 0.15) is 7.43 Å². The monoisotopic (exact) mass is 216 g/mol. The average molecular weight is 216 g/mol. The molecule has 0 unspecified atom stereocenters. The Morgan fingerprint density at radius 2 is 1.75 bits per heavy atom. The number of hydrogen-bond acceptors (Lipinski definition) is 5. The van der Waals surface area contributed by atoms with E-state index >= 15 is 0 Å². The molecule has 0 aliphatic carbocycles. The van der Waals surface area contributed by atoms with Gasteiger partial charge in [-0.3, -0.25) is 9.22 Å². The number of rotatable bonds is 2. The predicted octanol–water partition coefficient (Wildman–Crippen LogP) is 0.422. The maximum Gasteiger partial charge on any atom is 0.0802 e. The van der Waals surface area contributed by atoms with E-state index in [2.05, 4.69) is 9.22 Å². The fraction of sp³-hybridized carbons (Fsp3) is 1.00. The molecule has 0 aromatic carbocycles. The van der Waals surface area contributed by atoms with Crippen LogP contribution in [0.4, 0.5) is 0 Å². The van der Waals surface area contributed by atoms with E-state index in [4.69, 9.17) is 0 Å². The van der Waals surface area contributed by atoms with Crippen LogP contribution < -0.4 is 0 Å². The van der Waals surface area contributed by atoms with Crippen LogP contribution in [0, 0.1) is 0 Å². The molecule has 1 radical (unpaired) electrons. The summed E-state index contributed by atoms with van der Waals surface area (Å²) in [6.45, 7) is 0. The van der Waals surface area contributed by atoms with Crippen molar-refractivity contribution in [3.05, 3.63) is 0 Å². The summed E-state index contributed by atoms with van der Waals surface area (Å²) >= 11 is 0. The van der Waals surface area contributed by atoms with Crippen molar-refractivity contribution in [2.45, 2.75) is 7.43 Å². The maximum absolute atomic E-state index is 9.25. The molecular formula is C2H7O4SY-. The van der Waals surface area contributed by atoms with E-state index in [1.165, 1.54) is 0 Å². The first-order valence-corrected chi connectivity index (χ1v) is 2.07. The van der Waals surface area contributed by atoms with Crippen molar-refractivity contribution in [2.75, 3.05) is 7.11 Å². The Kier molecular flexibility index (Phi) is 21.7. The van der Waals surface area contributed by atoms with Gasteiger partial charge < -0.3 is 8.42 Å². The van der Waals surface area contributed by atoms with Crippen molar-refractivity contribution >= 4 is 11.0 Å². The minimum Gasteiger partial charge on any atom is -0.394 e. The van der Waals surface area contributed by atoms with Crippen molar-refractivity contribution in [3.63, 3.8) is 0 Å². The van der Waals surface area contributed by atoms with Gasteiger partial charge in [-0.1, -0.05) is 7.43 Å². The molecule has 0 aromatic heterocycles. The van der Waals surface area contributed by atoms with Gasteiger partial charge >= 0.3 is 0 Å². The van der Waals surface area contributed by atoms with Crippen molar-refractivity contribution < 1.29 is 50.3 Å². The van der Waals surface area contributed by atoms with Crippen molar-refractivity contribution in [1.29, 1.82) is 0 Å². The third-order valence-electron chi connectivity index (χ3n) is 0.124. The summed E-state index contributed by atoms with van der Waals surface area (Å²) in [6.07, 6.45) is 0. The van der Waals surface area contributed by atoms with Gasteiger partial charge in [0.15, 0.2) is 0 Å². The van der Waals surface area contributed by atoms with Crippen molar-refractivity contribution in [2.24, 2.45) is 0 Å². The van der Waals surface area contributed by atoms with Gasteiger partial charge in [-0.15, -0.1) is 0 Å². The molecule has 0 aromatic rings. The molecule has 0 heterocycles. The SMILES string of the molecule is C.COO[S-](=O)=O.[Y]. The Hall–Kier alpha value is 0.974. The largest absolute Gasteiger partial charge is 0.394 e. The van der Waals surface area contributed by atoms with Crippen LogP contribution >= 0.6 is 0 Å². The van der Waals surface area contributed by atoms with Gasteiger partial charge in [-0.05, 0) is 0 Å². The summed E-state index contributed by atoms with van der Waals surface area (Å²) in [4.78, 5) is 3.69. The molecule has 0 saturated heterocycles. The fourth-order valence-electron chi connectivity index (χ4n) is 0.0556. The molecule has 0 fully saturated rings. The van der Waals surface area contributed by atoms with Gasteiger partial charge in [-0.2, -0.15) is 0 Å². The van der Waals surface area contributed by atoms with Gasteiger partial charge in [0.25, 0.3) is 0 Å². The quantitative estimate of drug-likeness (QED) is 0.381. The van der Waals surface area contributed by atoms with Gasteiger partial charge in [0.2, 0.25) is 0 Å². The smallest absolute Gasteiger partial charge is 0.0802 e. The van der Waals surface area contributed by atoms with E-state index in [1.54, 1.807) is 0 Å². The third-order valence-corrected chi connectivity index (χ3v) is 0.371. The second-order valence-corrected chi connectivity index (χ2v) is 0.983. The zero-order valence-electron chi connectivity index (χ0n) is 3.62. The van der Waals surface area contributed by atoms with Crippen LogP contribution in [-0.2, 0) is 61.3 Å². The molecule has 0 aliphatic rings. The second kappa shape index (κ2) is 10.9. The second-order valence-electron chi connectivity index (χ2n) is 0.439. The molecule has 0 N–H and O–H groups in total. The molecule has 0 atom stereocenters. The zero-order chi connectivity index (χ0) is 4.99. The first-order chi connectivity index (χ1) is 2.77. The summed E-state index contributed by atoms with van der Waals surface area (Å²) in [6, 6.07) is 0. The Labute approximate surface area is 75.5 Å². The van der Waals surface area contributed by atoms with Gasteiger partial charge in [0.1, 0.15) is 0 Å². The fourth-order valence-corrected chi connectivity index (χ4v) is 0.167. The van der Waals surface area contributed by atoms with E-state index in [-0.39, 0.29) is 40.1 Å².